The molecule has 170 valence electrons. The van der Waals surface area contributed by atoms with Gasteiger partial charge in [0.05, 0.1) is 28.8 Å². The Bertz CT molecular complexity index is 977. The number of azide groups is 1. The molecule has 2 saturated heterocycles. The van der Waals surface area contributed by atoms with Crippen molar-refractivity contribution in [3.05, 3.63) is 74.6 Å². The molecule has 32 heavy (non-hydrogen) atoms. The summed E-state index contributed by atoms with van der Waals surface area (Å²) in [4.78, 5) is 3.95. The number of benzene rings is 2. The summed E-state index contributed by atoms with van der Waals surface area (Å²) in [5, 5.41) is 5.02. The van der Waals surface area contributed by atoms with Crippen molar-refractivity contribution in [1.29, 1.82) is 0 Å². The molecule has 2 aromatic rings. The number of halogens is 2. The zero-order valence-corrected chi connectivity index (χ0v) is 19.8. The van der Waals surface area contributed by atoms with Crippen molar-refractivity contribution in [1.82, 2.24) is 0 Å². The quantitative estimate of drug-likeness (QED) is 0.263. The van der Waals surface area contributed by atoms with E-state index in [1.165, 1.54) is 11.8 Å². The van der Waals surface area contributed by atoms with Crippen molar-refractivity contribution in [2.45, 2.75) is 60.9 Å². The van der Waals surface area contributed by atoms with Gasteiger partial charge in [-0.1, -0.05) is 70.4 Å². The zero-order valence-electron chi connectivity index (χ0n) is 17.5. The number of ether oxygens (including phenoxy) is 4. The van der Waals surface area contributed by atoms with Crippen LogP contribution in [0.5, 0.6) is 0 Å². The Hall–Kier alpha value is -1.48. The second-order valence-electron chi connectivity index (χ2n) is 7.76. The molecule has 2 aliphatic heterocycles. The van der Waals surface area contributed by atoms with E-state index in [4.69, 9.17) is 42.1 Å². The van der Waals surface area contributed by atoms with Crippen LogP contribution in [0.25, 0.3) is 10.4 Å². The number of fused-ring (bicyclic) bond motifs is 1. The van der Waals surface area contributed by atoms with Crippen molar-refractivity contribution >= 4 is 35.0 Å². The largest absolute Gasteiger partial charge is 0.371 e. The maximum Gasteiger partial charge on any atom is 0.184 e. The van der Waals surface area contributed by atoms with Gasteiger partial charge in [0.15, 0.2) is 6.29 Å². The van der Waals surface area contributed by atoms with Gasteiger partial charge < -0.3 is 18.9 Å². The summed E-state index contributed by atoms with van der Waals surface area (Å²) in [5.74, 6) is 0. The molecule has 0 aromatic heterocycles. The highest BCUT2D eigenvalue weighted by Crippen LogP contribution is 2.42. The van der Waals surface area contributed by atoms with Gasteiger partial charge in [0.1, 0.15) is 23.7 Å². The van der Waals surface area contributed by atoms with Crippen LogP contribution in [0.4, 0.5) is 0 Å². The minimum Gasteiger partial charge on any atom is -0.371 e. The minimum atomic E-state index is -0.600. The number of hydrogen-bond donors (Lipinski definition) is 0. The summed E-state index contributed by atoms with van der Waals surface area (Å²) in [5.41, 5.74) is 9.75. The lowest BCUT2D eigenvalue weighted by molar-refractivity contribution is -0.302. The number of thioether (sulfide) groups is 1. The van der Waals surface area contributed by atoms with Crippen LogP contribution >= 0.6 is 35.0 Å². The fraction of sp³-hybridized carbons (Fsp3) is 0.455. The molecule has 6 atom stereocenters. The highest BCUT2D eigenvalue weighted by molar-refractivity contribution is 7.99. The summed E-state index contributed by atoms with van der Waals surface area (Å²) in [6, 6.07) is 14.4. The molecule has 0 aliphatic carbocycles. The van der Waals surface area contributed by atoms with Crippen LogP contribution in [-0.4, -0.2) is 42.5 Å². The maximum absolute atomic E-state index is 9.32. The highest BCUT2D eigenvalue weighted by Gasteiger charge is 2.50. The van der Waals surface area contributed by atoms with Crippen LogP contribution in [0.1, 0.15) is 25.7 Å². The van der Waals surface area contributed by atoms with Crippen molar-refractivity contribution in [2.24, 2.45) is 5.11 Å². The van der Waals surface area contributed by atoms with E-state index in [0.717, 1.165) is 10.5 Å². The molecule has 0 N–H and O–H groups in total. The van der Waals surface area contributed by atoms with Gasteiger partial charge in [-0.2, -0.15) is 0 Å². The highest BCUT2D eigenvalue weighted by atomic mass is 35.5. The Morgan fingerprint density at radius 3 is 2.59 bits per heavy atom. The first kappa shape index (κ1) is 23.7. The van der Waals surface area contributed by atoms with E-state index < -0.39 is 36.1 Å². The average Bonchev–Trinajstić information content (AvgIpc) is 2.78. The number of rotatable bonds is 6. The lowest BCUT2D eigenvalue weighted by Gasteiger charge is -2.48. The molecule has 2 heterocycles. The normalized spacial score (nSPS) is 29.9. The zero-order chi connectivity index (χ0) is 22.7. The predicted octanol–water partition coefficient (Wildman–Crippen LogP) is 6.40. The van der Waals surface area contributed by atoms with E-state index in [1.807, 2.05) is 50.2 Å². The molecule has 2 fully saturated rings. The first-order chi connectivity index (χ1) is 15.5. The van der Waals surface area contributed by atoms with Crippen LogP contribution in [0.3, 0.4) is 0 Å². The molecular formula is C22H23Cl2N3O4S. The predicted molar refractivity (Wildman–Crippen MR) is 124 cm³/mol. The van der Waals surface area contributed by atoms with Gasteiger partial charge in [-0.05, 0) is 37.6 Å². The third-order valence-corrected chi connectivity index (χ3v) is 7.02. The van der Waals surface area contributed by atoms with Crippen LogP contribution < -0.4 is 0 Å². The summed E-state index contributed by atoms with van der Waals surface area (Å²) >= 11 is 13.7. The van der Waals surface area contributed by atoms with E-state index >= 15 is 0 Å². The van der Waals surface area contributed by atoms with Gasteiger partial charge in [-0.25, -0.2) is 0 Å². The van der Waals surface area contributed by atoms with Crippen molar-refractivity contribution in [3.63, 3.8) is 0 Å². The number of nitrogens with zero attached hydrogens (tertiary/aromatic N) is 3. The topological polar surface area (TPSA) is 85.7 Å². The number of hydrogen-bond acceptors (Lipinski definition) is 6. The first-order valence-electron chi connectivity index (χ1n) is 10.2. The van der Waals surface area contributed by atoms with E-state index in [2.05, 4.69) is 10.0 Å². The molecule has 3 unspecified atom stereocenters. The van der Waals surface area contributed by atoms with Crippen LogP contribution in [0.2, 0.25) is 10.0 Å². The smallest absolute Gasteiger partial charge is 0.184 e. The Balaban J connectivity index is 1.61. The lowest BCUT2D eigenvalue weighted by Crippen LogP contribution is -2.61. The van der Waals surface area contributed by atoms with Crippen molar-refractivity contribution in [3.8, 4) is 0 Å². The molecule has 0 spiro atoms. The summed E-state index contributed by atoms with van der Waals surface area (Å²) in [6.45, 7) is 4.16. The molecule has 0 bridgehead atoms. The van der Waals surface area contributed by atoms with E-state index in [0.29, 0.717) is 16.7 Å². The third kappa shape index (κ3) is 5.35. The summed E-state index contributed by atoms with van der Waals surface area (Å²) in [7, 11) is 0. The van der Waals surface area contributed by atoms with Gasteiger partial charge >= 0.3 is 0 Å². The Kier molecular flexibility index (Phi) is 7.87. The molecule has 0 saturated carbocycles. The Morgan fingerprint density at radius 2 is 1.91 bits per heavy atom. The lowest BCUT2D eigenvalue weighted by atomic mass is 9.96. The van der Waals surface area contributed by atoms with E-state index in [9.17, 15) is 5.53 Å². The molecule has 2 aromatic carbocycles. The van der Waals surface area contributed by atoms with Gasteiger partial charge in [-0.3, -0.25) is 0 Å². The molecule has 10 heteroatoms. The van der Waals surface area contributed by atoms with E-state index in [-0.39, 0.29) is 6.10 Å². The Labute approximate surface area is 200 Å². The molecule has 0 amide bonds. The minimum absolute atomic E-state index is 0.113. The molecule has 4 rings (SSSR count). The fourth-order valence-corrected chi connectivity index (χ4v) is 5.30. The third-order valence-electron chi connectivity index (χ3n) is 5.14. The Morgan fingerprint density at radius 1 is 1.12 bits per heavy atom. The molecular weight excluding hydrogens is 473 g/mol. The SMILES string of the molecule is CC(C)OC1[C@@H](Sc2ccc(Cl)c(Cl)c2)OC2COC(c3ccccc3)O[C@@H]2[C@@H]1N=[N+]=[N-]. The fourth-order valence-electron chi connectivity index (χ4n) is 3.78. The summed E-state index contributed by atoms with van der Waals surface area (Å²) in [6.07, 6.45) is -2.16. The van der Waals surface area contributed by atoms with Gasteiger partial charge in [0, 0.05) is 15.4 Å². The van der Waals surface area contributed by atoms with Gasteiger partial charge in [0.2, 0.25) is 0 Å². The van der Waals surface area contributed by atoms with E-state index in [1.54, 1.807) is 12.1 Å². The van der Waals surface area contributed by atoms with Gasteiger partial charge in [0.25, 0.3) is 0 Å². The average molecular weight is 496 g/mol. The van der Waals surface area contributed by atoms with Crippen LogP contribution in [0.15, 0.2) is 58.5 Å². The standard InChI is InChI=1S/C22H23Cl2N3O4S/c1-12(2)29-20-18(26-27-25)19-17(11-28-21(31-19)13-6-4-3-5-7-13)30-22(20)32-14-8-9-15(23)16(24)10-14/h3-10,12,17-22H,11H2,1-2H3/t17?,18-,19-,20?,21?,22+/m0/s1. The second-order valence-corrected chi connectivity index (χ2v) is 9.74. The first-order valence-corrected chi connectivity index (χ1v) is 11.9. The molecule has 2 aliphatic rings. The van der Waals surface area contributed by atoms with Crippen molar-refractivity contribution < 1.29 is 18.9 Å². The van der Waals surface area contributed by atoms with Crippen LogP contribution in [0, 0.1) is 0 Å². The monoisotopic (exact) mass is 495 g/mol. The molecule has 0 radical (unpaired) electrons. The van der Waals surface area contributed by atoms with Crippen molar-refractivity contribution in [2.75, 3.05) is 6.61 Å². The maximum atomic E-state index is 9.32. The second kappa shape index (κ2) is 10.6. The summed E-state index contributed by atoms with van der Waals surface area (Å²) < 4.78 is 24.7. The van der Waals surface area contributed by atoms with Gasteiger partial charge in [-0.15, -0.1) is 0 Å². The van der Waals surface area contributed by atoms with Crippen LogP contribution in [-0.2, 0) is 18.9 Å². The molecule has 7 nitrogen and oxygen atoms in total.